The zero-order valence-corrected chi connectivity index (χ0v) is 15.4. The number of nitrogens with zero attached hydrogens (tertiary/aromatic N) is 2. The standard InChI is InChI=1S/C19H25N3OS/c1-11-8-17(13(3)22(11)19-20-6-7-24-19)18(23)21-12(2)16-10-14-4-5-15(16)9-14/h6-8,12,14-16H,4-5,9-10H2,1-3H3,(H,21,23). The molecule has 2 saturated carbocycles. The summed E-state index contributed by atoms with van der Waals surface area (Å²) in [6, 6.07) is 2.25. The van der Waals surface area contributed by atoms with E-state index in [0.29, 0.717) is 5.92 Å². The van der Waals surface area contributed by atoms with Crippen molar-refractivity contribution >= 4 is 17.2 Å². The number of amides is 1. The topological polar surface area (TPSA) is 46.9 Å². The van der Waals surface area contributed by atoms with Gasteiger partial charge in [0.25, 0.3) is 5.91 Å². The lowest BCUT2D eigenvalue weighted by molar-refractivity contribution is 0.0914. The monoisotopic (exact) mass is 343 g/mol. The van der Waals surface area contributed by atoms with Crippen LogP contribution >= 0.6 is 11.3 Å². The molecule has 2 heterocycles. The molecule has 2 aliphatic rings. The predicted molar refractivity (Wildman–Crippen MR) is 96.8 cm³/mol. The van der Waals surface area contributed by atoms with Gasteiger partial charge in [0, 0.05) is 29.0 Å². The Bertz CT molecular complexity index is 749. The van der Waals surface area contributed by atoms with Crippen LogP contribution in [0.4, 0.5) is 0 Å². The summed E-state index contributed by atoms with van der Waals surface area (Å²) in [7, 11) is 0. The van der Waals surface area contributed by atoms with E-state index in [4.69, 9.17) is 0 Å². The third-order valence-corrected chi connectivity index (χ3v) is 6.84. The van der Waals surface area contributed by atoms with Crippen LogP contribution in [0.2, 0.25) is 0 Å². The Labute approximate surface area is 147 Å². The number of rotatable bonds is 4. The average Bonchev–Trinajstić information content (AvgIpc) is 3.31. The van der Waals surface area contributed by atoms with Gasteiger partial charge in [0.15, 0.2) is 5.13 Å². The zero-order chi connectivity index (χ0) is 16.8. The fourth-order valence-electron chi connectivity index (χ4n) is 4.91. The number of hydrogen-bond acceptors (Lipinski definition) is 3. The van der Waals surface area contributed by atoms with Crippen molar-refractivity contribution in [2.24, 2.45) is 17.8 Å². The minimum atomic E-state index is 0.0566. The van der Waals surface area contributed by atoms with Gasteiger partial charge >= 0.3 is 0 Å². The van der Waals surface area contributed by atoms with Crippen LogP contribution in [0, 0.1) is 31.6 Å². The lowest BCUT2D eigenvalue weighted by Gasteiger charge is -2.28. The van der Waals surface area contributed by atoms with Gasteiger partial charge in [0.05, 0.1) is 5.56 Å². The Kier molecular flexibility index (Phi) is 3.99. The van der Waals surface area contributed by atoms with E-state index >= 15 is 0 Å². The molecule has 2 aromatic rings. The summed E-state index contributed by atoms with van der Waals surface area (Å²) in [5.41, 5.74) is 2.80. The van der Waals surface area contributed by atoms with Crippen LogP contribution in [0.15, 0.2) is 17.6 Å². The fourth-order valence-corrected chi connectivity index (χ4v) is 5.66. The SMILES string of the molecule is Cc1cc(C(=O)NC(C)C2CC3CCC2C3)c(C)n1-c1nccs1. The zero-order valence-electron chi connectivity index (χ0n) is 14.6. The maximum absolute atomic E-state index is 12.8. The molecule has 0 aliphatic heterocycles. The third kappa shape index (κ3) is 2.59. The Balaban J connectivity index is 1.52. The summed E-state index contributed by atoms with van der Waals surface area (Å²) in [5.74, 6) is 2.46. The number of carbonyl (C=O) groups excluding carboxylic acids is 1. The van der Waals surface area contributed by atoms with E-state index in [-0.39, 0.29) is 11.9 Å². The van der Waals surface area contributed by atoms with Crippen LogP contribution in [-0.2, 0) is 0 Å². The molecule has 4 nitrogen and oxygen atoms in total. The minimum absolute atomic E-state index is 0.0566. The van der Waals surface area contributed by atoms with E-state index < -0.39 is 0 Å². The molecule has 2 fully saturated rings. The van der Waals surface area contributed by atoms with Crippen molar-refractivity contribution in [1.29, 1.82) is 0 Å². The third-order valence-electron chi connectivity index (χ3n) is 6.08. The predicted octanol–water partition coefficient (Wildman–Crippen LogP) is 4.11. The molecule has 2 aliphatic carbocycles. The van der Waals surface area contributed by atoms with E-state index in [0.717, 1.165) is 33.9 Å². The highest BCUT2D eigenvalue weighted by Crippen LogP contribution is 2.49. The number of aromatic nitrogens is 2. The maximum Gasteiger partial charge on any atom is 0.253 e. The molecule has 4 rings (SSSR count). The number of thiazole rings is 1. The quantitative estimate of drug-likeness (QED) is 0.908. The first-order chi connectivity index (χ1) is 11.5. The molecule has 0 aromatic carbocycles. The molecular formula is C19H25N3OS. The van der Waals surface area contributed by atoms with Crippen LogP contribution in [0.3, 0.4) is 0 Å². The first kappa shape index (κ1) is 15.9. The fraction of sp³-hybridized carbons (Fsp3) is 0.579. The molecule has 0 spiro atoms. The molecule has 0 radical (unpaired) electrons. The number of nitrogens with one attached hydrogen (secondary N) is 1. The first-order valence-electron chi connectivity index (χ1n) is 8.94. The van der Waals surface area contributed by atoms with Crippen molar-refractivity contribution in [3.63, 3.8) is 0 Å². The summed E-state index contributed by atoms with van der Waals surface area (Å²) < 4.78 is 2.07. The minimum Gasteiger partial charge on any atom is -0.349 e. The largest absolute Gasteiger partial charge is 0.349 e. The highest BCUT2D eigenvalue weighted by molar-refractivity contribution is 7.12. The lowest BCUT2D eigenvalue weighted by atomic mass is 9.84. The van der Waals surface area contributed by atoms with Gasteiger partial charge in [-0.05, 0) is 63.9 Å². The van der Waals surface area contributed by atoms with Gasteiger partial charge in [-0.2, -0.15) is 0 Å². The molecule has 5 heteroatoms. The van der Waals surface area contributed by atoms with E-state index in [2.05, 4.69) is 21.8 Å². The molecular weight excluding hydrogens is 318 g/mol. The van der Waals surface area contributed by atoms with Gasteiger partial charge in [-0.1, -0.05) is 6.42 Å². The summed E-state index contributed by atoms with van der Waals surface area (Å²) >= 11 is 1.59. The lowest BCUT2D eigenvalue weighted by Crippen LogP contribution is -2.40. The molecule has 4 unspecified atom stereocenters. The van der Waals surface area contributed by atoms with Gasteiger partial charge < -0.3 is 5.32 Å². The first-order valence-corrected chi connectivity index (χ1v) is 9.82. The van der Waals surface area contributed by atoms with Gasteiger partial charge in [-0.15, -0.1) is 11.3 Å². The van der Waals surface area contributed by atoms with Gasteiger partial charge in [0.1, 0.15) is 0 Å². The van der Waals surface area contributed by atoms with E-state index in [1.54, 1.807) is 17.5 Å². The van der Waals surface area contributed by atoms with E-state index in [9.17, 15) is 4.79 Å². The smallest absolute Gasteiger partial charge is 0.253 e. The Morgan fingerprint density at radius 3 is 2.83 bits per heavy atom. The Morgan fingerprint density at radius 1 is 1.38 bits per heavy atom. The van der Waals surface area contributed by atoms with Crippen molar-refractivity contribution in [3.05, 3.63) is 34.6 Å². The van der Waals surface area contributed by atoms with E-state index in [1.165, 1.54) is 25.7 Å². The molecule has 1 N–H and O–H groups in total. The highest BCUT2D eigenvalue weighted by atomic mass is 32.1. The van der Waals surface area contributed by atoms with Crippen LogP contribution in [0.1, 0.15) is 54.4 Å². The van der Waals surface area contributed by atoms with Crippen LogP contribution in [0.5, 0.6) is 0 Å². The molecule has 0 saturated heterocycles. The molecule has 128 valence electrons. The van der Waals surface area contributed by atoms with Crippen molar-refractivity contribution in [1.82, 2.24) is 14.9 Å². The van der Waals surface area contributed by atoms with Gasteiger partial charge in [-0.3, -0.25) is 9.36 Å². The molecule has 1 amide bonds. The Morgan fingerprint density at radius 2 is 2.21 bits per heavy atom. The summed E-state index contributed by atoms with van der Waals surface area (Å²) in [4.78, 5) is 17.2. The average molecular weight is 343 g/mol. The number of fused-ring (bicyclic) bond motifs is 2. The summed E-state index contributed by atoms with van der Waals surface area (Å²) in [6.07, 6.45) is 7.23. The second-order valence-electron chi connectivity index (χ2n) is 7.54. The summed E-state index contributed by atoms with van der Waals surface area (Å²) in [5, 5.41) is 6.17. The second kappa shape index (κ2) is 6.03. The number of hydrogen-bond donors (Lipinski definition) is 1. The van der Waals surface area contributed by atoms with Crippen LogP contribution in [-0.4, -0.2) is 21.5 Å². The van der Waals surface area contributed by atoms with Crippen molar-refractivity contribution in [3.8, 4) is 5.13 Å². The maximum atomic E-state index is 12.8. The molecule has 4 atom stereocenters. The highest BCUT2D eigenvalue weighted by Gasteiger charge is 2.42. The molecule has 24 heavy (non-hydrogen) atoms. The Hall–Kier alpha value is -1.62. The van der Waals surface area contributed by atoms with Crippen molar-refractivity contribution in [2.45, 2.75) is 52.5 Å². The van der Waals surface area contributed by atoms with E-state index in [1.807, 2.05) is 25.3 Å². The van der Waals surface area contributed by atoms with Crippen LogP contribution in [0.25, 0.3) is 5.13 Å². The molecule has 2 bridgehead atoms. The number of aryl methyl sites for hydroxylation is 1. The van der Waals surface area contributed by atoms with Gasteiger partial charge in [0.2, 0.25) is 0 Å². The summed E-state index contributed by atoms with van der Waals surface area (Å²) in [6.45, 7) is 6.22. The normalized spacial score (nSPS) is 26.7. The number of carbonyl (C=O) groups is 1. The second-order valence-corrected chi connectivity index (χ2v) is 8.41. The van der Waals surface area contributed by atoms with Crippen molar-refractivity contribution in [2.75, 3.05) is 0 Å². The van der Waals surface area contributed by atoms with Crippen LogP contribution < -0.4 is 5.32 Å². The molecule has 2 aromatic heterocycles. The van der Waals surface area contributed by atoms with Crippen molar-refractivity contribution < 1.29 is 4.79 Å². The van der Waals surface area contributed by atoms with Gasteiger partial charge in [-0.25, -0.2) is 4.98 Å².